The van der Waals surface area contributed by atoms with Crippen LogP contribution in [0.1, 0.15) is 47.0 Å². The van der Waals surface area contributed by atoms with Crippen molar-refractivity contribution in [2.75, 3.05) is 6.61 Å². The van der Waals surface area contributed by atoms with Gasteiger partial charge in [0.25, 0.3) is 0 Å². The van der Waals surface area contributed by atoms with E-state index in [0.29, 0.717) is 24.0 Å². The molecule has 0 spiro atoms. The van der Waals surface area contributed by atoms with Gasteiger partial charge in [0.15, 0.2) is 0 Å². The number of esters is 1. The van der Waals surface area contributed by atoms with Crippen LogP contribution in [0.2, 0.25) is 0 Å². The zero-order chi connectivity index (χ0) is 11.2. The van der Waals surface area contributed by atoms with Gasteiger partial charge in [-0.15, -0.1) is 0 Å². The molecule has 0 saturated carbocycles. The van der Waals surface area contributed by atoms with Crippen LogP contribution in [0, 0.1) is 5.41 Å². The SMILES string of the molecule is C=C(CC)C(=O)OCCCC(C)(C)C. The molecule has 0 amide bonds. The van der Waals surface area contributed by atoms with Crippen molar-refractivity contribution < 1.29 is 9.53 Å². The molecule has 14 heavy (non-hydrogen) atoms. The van der Waals surface area contributed by atoms with E-state index in [2.05, 4.69) is 27.4 Å². The minimum atomic E-state index is -0.249. The summed E-state index contributed by atoms with van der Waals surface area (Å²) in [6.45, 7) is 12.6. The van der Waals surface area contributed by atoms with Crippen LogP contribution in [-0.4, -0.2) is 12.6 Å². The Balaban J connectivity index is 3.56. The van der Waals surface area contributed by atoms with E-state index in [1.165, 1.54) is 0 Å². The highest BCUT2D eigenvalue weighted by molar-refractivity contribution is 5.87. The Morgan fingerprint density at radius 2 is 1.93 bits per heavy atom. The minimum Gasteiger partial charge on any atom is -0.462 e. The Hall–Kier alpha value is -0.790. The summed E-state index contributed by atoms with van der Waals surface area (Å²) in [5.74, 6) is -0.249. The average Bonchev–Trinajstić information content (AvgIpc) is 2.09. The number of hydrogen-bond acceptors (Lipinski definition) is 2. The molecule has 0 aromatic rings. The fourth-order valence-electron chi connectivity index (χ4n) is 1.01. The Bertz CT molecular complexity index is 199. The average molecular weight is 198 g/mol. The lowest BCUT2D eigenvalue weighted by Gasteiger charge is -2.17. The van der Waals surface area contributed by atoms with Crippen LogP contribution >= 0.6 is 0 Å². The Morgan fingerprint density at radius 1 is 1.36 bits per heavy atom. The van der Waals surface area contributed by atoms with Gasteiger partial charge in [0.1, 0.15) is 0 Å². The van der Waals surface area contributed by atoms with Crippen LogP contribution in [0.4, 0.5) is 0 Å². The van der Waals surface area contributed by atoms with Crippen LogP contribution in [0.15, 0.2) is 12.2 Å². The van der Waals surface area contributed by atoms with Crippen LogP contribution in [0.25, 0.3) is 0 Å². The summed E-state index contributed by atoms with van der Waals surface area (Å²) in [5.41, 5.74) is 0.870. The highest BCUT2D eigenvalue weighted by Crippen LogP contribution is 2.20. The van der Waals surface area contributed by atoms with Crippen molar-refractivity contribution in [1.29, 1.82) is 0 Å². The zero-order valence-electron chi connectivity index (χ0n) is 9.85. The van der Waals surface area contributed by atoms with E-state index in [0.717, 1.165) is 12.8 Å². The van der Waals surface area contributed by atoms with Gasteiger partial charge in [-0.1, -0.05) is 34.3 Å². The normalized spacial score (nSPS) is 11.1. The predicted octanol–water partition coefficient (Wildman–Crippen LogP) is 3.32. The van der Waals surface area contributed by atoms with E-state index in [-0.39, 0.29) is 5.97 Å². The molecule has 0 unspecified atom stereocenters. The van der Waals surface area contributed by atoms with Gasteiger partial charge >= 0.3 is 5.97 Å². The first-order valence-electron chi connectivity index (χ1n) is 5.21. The lowest BCUT2D eigenvalue weighted by molar-refractivity contribution is -0.139. The molecule has 0 aromatic carbocycles. The molecule has 0 fully saturated rings. The van der Waals surface area contributed by atoms with Crippen LogP contribution in [0.5, 0.6) is 0 Å². The lowest BCUT2D eigenvalue weighted by atomic mass is 9.91. The fraction of sp³-hybridized carbons (Fsp3) is 0.750. The van der Waals surface area contributed by atoms with E-state index in [1.54, 1.807) is 0 Å². The van der Waals surface area contributed by atoms with E-state index >= 15 is 0 Å². The molecular formula is C12H22O2. The van der Waals surface area contributed by atoms with Crippen LogP contribution in [-0.2, 0) is 9.53 Å². The molecule has 0 aliphatic heterocycles. The summed E-state index contributed by atoms with van der Waals surface area (Å²) in [6.07, 6.45) is 2.66. The Morgan fingerprint density at radius 3 is 2.36 bits per heavy atom. The second-order valence-electron chi connectivity index (χ2n) is 4.76. The highest BCUT2D eigenvalue weighted by Gasteiger charge is 2.10. The largest absolute Gasteiger partial charge is 0.462 e. The van der Waals surface area contributed by atoms with E-state index < -0.39 is 0 Å². The number of carbonyl (C=O) groups excluding carboxylic acids is 1. The van der Waals surface area contributed by atoms with Gasteiger partial charge in [-0.3, -0.25) is 0 Å². The molecule has 0 bridgehead atoms. The lowest BCUT2D eigenvalue weighted by Crippen LogP contribution is -2.11. The Kier molecular flexibility index (Phi) is 5.51. The Labute approximate surface area is 87.3 Å². The summed E-state index contributed by atoms with van der Waals surface area (Å²) in [6, 6.07) is 0. The quantitative estimate of drug-likeness (QED) is 0.385. The first-order chi connectivity index (χ1) is 6.37. The molecule has 2 nitrogen and oxygen atoms in total. The third kappa shape index (κ3) is 6.70. The molecule has 0 aliphatic carbocycles. The summed E-state index contributed by atoms with van der Waals surface area (Å²) >= 11 is 0. The van der Waals surface area contributed by atoms with Gasteiger partial charge in [-0.25, -0.2) is 4.79 Å². The van der Waals surface area contributed by atoms with Gasteiger partial charge in [0, 0.05) is 5.57 Å². The standard InChI is InChI=1S/C12H22O2/c1-6-10(2)11(13)14-9-7-8-12(3,4)5/h2,6-9H2,1,3-5H3. The third-order valence-electron chi connectivity index (χ3n) is 2.02. The van der Waals surface area contributed by atoms with Gasteiger partial charge in [-0.05, 0) is 24.7 Å². The van der Waals surface area contributed by atoms with Crippen molar-refractivity contribution in [3.8, 4) is 0 Å². The maximum Gasteiger partial charge on any atom is 0.333 e. The van der Waals surface area contributed by atoms with Crippen molar-refractivity contribution in [3.05, 3.63) is 12.2 Å². The topological polar surface area (TPSA) is 26.3 Å². The van der Waals surface area contributed by atoms with Gasteiger partial charge < -0.3 is 4.74 Å². The smallest absolute Gasteiger partial charge is 0.333 e. The second kappa shape index (κ2) is 5.84. The number of rotatable bonds is 5. The number of hydrogen-bond donors (Lipinski definition) is 0. The molecule has 0 rings (SSSR count). The first-order valence-corrected chi connectivity index (χ1v) is 5.21. The molecule has 0 aromatic heterocycles. The third-order valence-corrected chi connectivity index (χ3v) is 2.02. The monoisotopic (exact) mass is 198 g/mol. The van der Waals surface area contributed by atoms with Crippen LogP contribution < -0.4 is 0 Å². The minimum absolute atomic E-state index is 0.249. The second-order valence-corrected chi connectivity index (χ2v) is 4.76. The van der Waals surface area contributed by atoms with E-state index in [4.69, 9.17) is 4.74 Å². The van der Waals surface area contributed by atoms with Crippen molar-refractivity contribution in [1.82, 2.24) is 0 Å². The summed E-state index contributed by atoms with van der Waals surface area (Å²) < 4.78 is 5.05. The van der Waals surface area contributed by atoms with E-state index in [1.807, 2.05) is 6.92 Å². The van der Waals surface area contributed by atoms with Gasteiger partial charge in [0.2, 0.25) is 0 Å². The number of carbonyl (C=O) groups is 1. The molecular weight excluding hydrogens is 176 g/mol. The molecule has 0 heterocycles. The zero-order valence-corrected chi connectivity index (χ0v) is 9.85. The van der Waals surface area contributed by atoms with Crippen molar-refractivity contribution >= 4 is 5.97 Å². The molecule has 0 atom stereocenters. The maximum atomic E-state index is 11.2. The first kappa shape index (κ1) is 13.2. The number of ether oxygens (including phenoxy) is 1. The van der Waals surface area contributed by atoms with Crippen molar-refractivity contribution in [2.45, 2.75) is 47.0 Å². The molecule has 0 aliphatic rings. The molecule has 82 valence electrons. The highest BCUT2D eigenvalue weighted by atomic mass is 16.5. The molecule has 0 N–H and O–H groups in total. The van der Waals surface area contributed by atoms with Crippen LogP contribution in [0.3, 0.4) is 0 Å². The maximum absolute atomic E-state index is 11.2. The molecule has 0 saturated heterocycles. The predicted molar refractivity (Wildman–Crippen MR) is 59.1 cm³/mol. The molecule has 2 heteroatoms. The van der Waals surface area contributed by atoms with E-state index in [9.17, 15) is 4.79 Å². The van der Waals surface area contributed by atoms with Gasteiger partial charge in [-0.2, -0.15) is 0 Å². The summed E-state index contributed by atoms with van der Waals surface area (Å²) in [4.78, 5) is 11.2. The molecule has 0 radical (unpaired) electrons. The fourth-order valence-corrected chi connectivity index (χ4v) is 1.01. The summed E-state index contributed by atoms with van der Waals surface area (Å²) in [5, 5.41) is 0. The van der Waals surface area contributed by atoms with Gasteiger partial charge in [0.05, 0.1) is 6.61 Å². The van der Waals surface area contributed by atoms with Crippen molar-refractivity contribution in [2.24, 2.45) is 5.41 Å². The summed E-state index contributed by atoms with van der Waals surface area (Å²) in [7, 11) is 0. The van der Waals surface area contributed by atoms with Crippen molar-refractivity contribution in [3.63, 3.8) is 0 Å².